The van der Waals surface area contributed by atoms with E-state index in [1.807, 2.05) is 18.2 Å². The largest absolute Gasteiger partial charge is 0.362 e. The quantitative estimate of drug-likeness (QED) is 0.789. The molecule has 0 fully saturated rings. The molecule has 0 aliphatic rings. The monoisotopic (exact) mass is 236 g/mol. The molecular weight excluding hydrogens is 216 g/mol. The summed E-state index contributed by atoms with van der Waals surface area (Å²) >= 11 is 5.20. The molecule has 1 rings (SSSR count). The fourth-order valence-electron chi connectivity index (χ4n) is 1.19. The molecule has 0 saturated carbocycles. The summed E-state index contributed by atoms with van der Waals surface area (Å²) in [6.07, 6.45) is 0. The van der Waals surface area contributed by atoms with Gasteiger partial charge in [-0.15, -0.1) is 0 Å². The molecule has 0 atom stereocenters. The van der Waals surface area contributed by atoms with E-state index in [0.717, 1.165) is 18.2 Å². The number of hydrogen-bond acceptors (Lipinski definition) is 1. The highest BCUT2D eigenvalue weighted by molar-refractivity contribution is 7.80. The van der Waals surface area contributed by atoms with Crippen LogP contribution in [0.1, 0.15) is 26.3 Å². The summed E-state index contributed by atoms with van der Waals surface area (Å²) in [5.41, 5.74) is 1.49. The van der Waals surface area contributed by atoms with Gasteiger partial charge in [-0.05, 0) is 23.2 Å². The Morgan fingerprint density at radius 1 is 1.12 bits per heavy atom. The summed E-state index contributed by atoms with van der Waals surface area (Å²) in [6.45, 7) is 8.20. The van der Waals surface area contributed by atoms with Gasteiger partial charge in [0.25, 0.3) is 0 Å². The zero-order chi connectivity index (χ0) is 12.0. The van der Waals surface area contributed by atoms with Crippen molar-refractivity contribution in [2.75, 3.05) is 6.54 Å². The number of hydrogen-bond donors (Lipinski definition) is 2. The second kappa shape index (κ2) is 5.85. The van der Waals surface area contributed by atoms with Gasteiger partial charge in [0, 0.05) is 13.1 Å². The van der Waals surface area contributed by atoms with E-state index in [4.69, 9.17) is 12.2 Å². The SMILES string of the molecule is CC(C)(C)CNC(=S)NCc1ccccc1. The van der Waals surface area contributed by atoms with Crippen LogP contribution >= 0.6 is 12.2 Å². The van der Waals surface area contributed by atoms with Crippen LogP contribution < -0.4 is 10.6 Å². The summed E-state index contributed by atoms with van der Waals surface area (Å²) in [6, 6.07) is 10.2. The van der Waals surface area contributed by atoms with Gasteiger partial charge in [0.1, 0.15) is 0 Å². The Hall–Kier alpha value is -1.09. The maximum Gasteiger partial charge on any atom is 0.166 e. The van der Waals surface area contributed by atoms with Crippen molar-refractivity contribution in [2.24, 2.45) is 5.41 Å². The maximum absolute atomic E-state index is 5.20. The van der Waals surface area contributed by atoms with E-state index < -0.39 is 0 Å². The zero-order valence-corrected chi connectivity index (χ0v) is 11.0. The Bertz CT molecular complexity index is 328. The van der Waals surface area contributed by atoms with Crippen LogP contribution in [0, 0.1) is 5.41 Å². The molecule has 0 radical (unpaired) electrons. The fraction of sp³-hybridized carbons (Fsp3) is 0.462. The number of nitrogens with one attached hydrogen (secondary N) is 2. The van der Waals surface area contributed by atoms with Crippen LogP contribution in [0.3, 0.4) is 0 Å². The minimum atomic E-state index is 0.248. The minimum Gasteiger partial charge on any atom is -0.362 e. The van der Waals surface area contributed by atoms with Crippen LogP contribution in [0.25, 0.3) is 0 Å². The normalized spacial score (nSPS) is 10.9. The van der Waals surface area contributed by atoms with Crippen molar-refractivity contribution >= 4 is 17.3 Å². The molecule has 0 unspecified atom stereocenters. The Balaban J connectivity index is 2.26. The lowest BCUT2D eigenvalue weighted by molar-refractivity contribution is 0.408. The standard InChI is InChI=1S/C13H20N2S/c1-13(2,3)10-15-12(16)14-9-11-7-5-4-6-8-11/h4-8H,9-10H2,1-3H3,(H2,14,15,16). The van der Waals surface area contributed by atoms with Crippen molar-refractivity contribution in [1.82, 2.24) is 10.6 Å². The van der Waals surface area contributed by atoms with Gasteiger partial charge in [-0.3, -0.25) is 0 Å². The zero-order valence-electron chi connectivity index (χ0n) is 10.2. The predicted octanol–water partition coefficient (Wildman–Crippen LogP) is 2.70. The molecule has 0 spiro atoms. The van der Waals surface area contributed by atoms with E-state index in [9.17, 15) is 0 Å². The molecule has 16 heavy (non-hydrogen) atoms. The first-order chi connectivity index (χ1) is 7.47. The van der Waals surface area contributed by atoms with E-state index in [1.165, 1.54) is 5.56 Å². The van der Waals surface area contributed by atoms with Crippen molar-refractivity contribution in [1.29, 1.82) is 0 Å². The lowest BCUT2D eigenvalue weighted by Crippen LogP contribution is -2.39. The van der Waals surface area contributed by atoms with Gasteiger partial charge in [-0.2, -0.15) is 0 Å². The first kappa shape index (κ1) is 13.0. The average molecular weight is 236 g/mol. The summed E-state index contributed by atoms with van der Waals surface area (Å²) in [4.78, 5) is 0. The molecule has 3 heteroatoms. The summed E-state index contributed by atoms with van der Waals surface area (Å²) in [5.74, 6) is 0. The Kier molecular flexibility index (Phi) is 4.74. The fourth-order valence-corrected chi connectivity index (χ4v) is 1.33. The van der Waals surface area contributed by atoms with Crippen LogP contribution in [0.2, 0.25) is 0 Å². The van der Waals surface area contributed by atoms with Gasteiger partial charge in [-0.1, -0.05) is 51.1 Å². The Morgan fingerprint density at radius 2 is 1.75 bits per heavy atom. The third kappa shape index (κ3) is 5.71. The molecule has 0 bridgehead atoms. The first-order valence-corrected chi connectivity index (χ1v) is 5.94. The second-order valence-corrected chi connectivity index (χ2v) is 5.49. The Labute approximate surface area is 103 Å². The molecule has 2 N–H and O–H groups in total. The molecule has 1 aromatic rings. The van der Waals surface area contributed by atoms with Crippen LogP contribution in [0.4, 0.5) is 0 Å². The van der Waals surface area contributed by atoms with Gasteiger partial charge < -0.3 is 10.6 Å². The van der Waals surface area contributed by atoms with Gasteiger partial charge in [0.15, 0.2) is 5.11 Å². The van der Waals surface area contributed by atoms with Gasteiger partial charge >= 0.3 is 0 Å². The van der Waals surface area contributed by atoms with Gasteiger partial charge in [-0.25, -0.2) is 0 Å². The van der Waals surface area contributed by atoms with Crippen molar-refractivity contribution in [3.63, 3.8) is 0 Å². The van der Waals surface area contributed by atoms with Crippen molar-refractivity contribution in [3.05, 3.63) is 35.9 Å². The molecule has 2 nitrogen and oxygen atoms in total. The predicted molar refractivity (Wildman–Crippen MR) is 73.3 cm³/mol. The van der Waals surface area contributed by atoms with Crippen molar-refractivity contribution in [2.45, 2.75) is 27.3 Å². The van der Waals surface area contributed by atoms with Gasteiger partial charge in [0.05, 0.1) is 0 Å². The third-order valence-electron chi connectivity index (χ3n) is 2.08. The van der Waals surface area contributed by atoms with Crippen LogP contribution in [-0.4, -0.2) is 11.7 Å². The molecule has 1 aromatic carbocycles. The van der Waals surface area contributed by atoms with Crippen LogP contribution in [0.15, 0.2) is 30.3 Å². The van der Waals surface area contributed by atoms with E-state index in [2.05, 4.69) is 43.5 Å². The molecule has 0 heterocycles. The molecule has 0 amide bonds. The highest BCUT2D eigenvalue weighted by Crippen LogP contribution is 2.09. The summed E-state index contributed by atoms with van der Waals surface area (Å²) in [5, 5.41) is 7.13. The summed E-state index contributed by atoms with van der Waals surface area (Å²) in [7, 11) is 0. The highest BCUT2D eigenvalue weighted by Gasteiger charge is 2.09. The van der Waals surface area contributed by atoms with Crippen LogP contribution in [-0.2, 0) is 6.54 Å². The van der Waals surface area contributed by atoms with E-state index >= 15 is 0 Å². The molecule has 0 aromatic heterocycles. The van der Waals surface area contributed by atoms with E-state index in [1.54, 1.807) is 0 Å². The van der Waals surface area contributed by atoms with Crippen molar-refractivity contribution in [3.8, 4) is 0 Å². The molecule has 0 saturated heterocycles. The molecule has 88 valence electrons. The van der Waals surface area contributed by atoms with E-state index in [0.29, 0.717) is 0 Å². The smallest absolute Gasteiger partial charge is 0.166 e. The lowest BCUT2D eigenvalue weighted by atomic mass is 9.97. The topological polar surface area (TPSA) is 24.1 Å². The number of thiocarbonyl (C=S) groups is 1. The van der Waals surface area contributed by atoms with Gasteiger partial charge in [0.2, 0.25) is 0 Å². The first-order valence-electron chi connectivity index (χ1n) is 5.53. The third-order valence-corrected chi connectivity index (χ3v) is 2.36. The second-order valence-electron chi connectivity index (χ2n) is 5.08. The number of rotatable bonds is 3. The number of benzene rings is 1. The molecule has 0 aliphatic heterocycles. The Morgan fingerprint density at radius 3 is 2.31 bits per heavy atom. The van der Waals surface area contributed by atoms with Crippen molar-refractivity contribution < 1.29 is 0 Å². The molecule has 0 aliphatic carbocycles. The highest BCUT2D eigenvalue weighted by atomic mass is 32.1. The lowest BCUT2D eigenvalue weighted by Gasteiger charge is -2.20. The van der Waals surface area contributed by atoms with Crippen LogP contribution in [0.5, 0.6) is 0 Å². The maximum atomic E-state index is 5.20. The minimum absolute atomic E-state index is 0.248. The van der Waals surface area contributed by atoms with E-state index in [-0.39, 0.29) is 5.41 Å². The molecular formula is C13H20N2S. The summed E-state index contributed by atoms with van der Waals surface area (Å²) < 4.78 is 0. The average Bonchev–Trinajstić information content (AvgIpc) is 2.24.